The van der Waals surface area contributed by atoms with E-state index in [0.29, 0.717) is 11.9 Å². The first kappa shape index (κ1) is 14.6. The Bertz CT molecular complexity index is 475. The Morgan fingerprint density at radius 1 is 1.33 bits per heavy atom. The van der Waals surface area contributed by atoms with E-state index in [4.69, 9.17) is 0 Å². The van der Waals surface area contributed by atoms with Crippen LogP contribution in [0.4, 0.5) is 0 Å². The van der Waals surface area contributed by atoms with Gasteiger partial charge in [-0.3, -0.25) is 4.79 Å². The van der Waals surface area contributed by atoms with Crippen LogP contribution in [0.25, 0.3) is 0 Å². The van der Waals surface area contributed by atoms with Crippen LogP contribution in [-0.4, -0.2) is 36.5 Å². The highest BCUT2D eigenvalue weighted by Crippen LogP contribution is 2.49. The van der Waals surface area contributed by atoms with Crippen molar-refractivity contribution < 1.29 is 4.79 Å². The topological polar surface area (TPSA) is 32.3 Å². The van der Waals surface area contributed by atoms with Gasteiger partial charge in [-0.15, -0.1) is 0 Å². The zero-order chi connectivity index (χ0) is 14.7. The number of amides is 1. The van der Waals surface area contributed by atoms with E-state index in [1.807, 2.05) is 18.2 Å². The first-order valence-corrected chi connectivity index (χ1v) is 8.34. The summed E-state index contributed by atoms with van der Waals surface area (Å²) in [6.45, 7) is 5.01. The molecule has 0 aromatic heterocycles. The molecule has 1 heterocycles. The Balaban J connectivity index is 1.74. The van der Waals surface area contributed by atoms with Gasteiger partial charge in [0.05, 0.1) is 5.41 Å². The summed E-state index contributed by atoms with van der Waals surface area (Å²) in [5.41, 5.74) is 0.991. The van der Waals surface area contributed by atoms with E-state index < -0.39 is 0 Å². The molecule has 2 fully saturated rings. The van der Waals surface area contributed by atoms with E-state index in [0.717, 1.165) is 38.9 Å². The van der Waals surface area contributed by atoms with E-state index in [9.17, 15) is 4.79 Å². The van der Waals surface area contributed by atoms with Gasteiger partial charge in [0.25, 0.3) is 0 Å². The van der Waals surface area contributed by atoms with Gasteiger partial charge in [-0.1, -0.05) is 37.3 Å². The largest absolute Gasteiger partial charge is 0.340 e. The van der Waals surface area contributed by atoms with Gasteiger partial charge in [0.15, 0.2) is 0 Å². The molecule has 1 N–H and O–H groups in total. The lowest BCUT2D eigenvalue weighted by Gasteiger charge is -2.30. The van der Waals surface area contributed by atoms with Crippen molar-refractivity contribution in [3.05, 3.63) is 35.9 Å². The summed E-state index contributed by atoms with van der Waals surface area (Å²) in [5.74, 6) is 0.351. The van der Waals surface area contributed by atoms with Crippen molar-refractivity contribution in [3.8, 4) is 0 Å². The summed E-state index contributed by atoms with van der Waals surface area (Å²) in [6.07, 6.45) is 5.49. The van der Waals surface area contributed by atoms with Crippen LogP contribution >= 0.6 is 0 Å². The van der Waals surface area contributed by atoms with Crippen molar-refractivity contribution >= 4 is 5.91 Å². The van der Waals surface area contributed by atoms with Crippen LogP contribution in [0.2, 0.25) is 0 Å². The normalized spacial score (nSPS) is 23.0. The number of hydrogen-bond acceptors (Lipinski definition) is 2. The van der Waals surface area contributed by atoms with Crippen LogP contribution in [0.3, 0.4) is 0 Å². The fourth-order valence-electron chi connectivity index (χ4n) is 3.54. The smallest absolute Gasteiger partial charge is 0.233 e. The average molecular weight is 286 g/mol. The first-order valence-electron chi connectivity index (χ1n) is 8.34. The van der Waals surface area contributed by atoms with E-state index in [1.165, 1.54) is 18.4 Å². The van der Waals surface area contributed by atoms with E-state index in [2.05, 4.69) is 29.3 Å². The van der Waals surface area contributed by atoms with E-state index >= 15 is 0 Å². The molecule has 1 aliphatic carbocycles. The highest BCUT2D eigenvalue weighted by Gasteiger charge is 2.52. The molecule has 1 aromatic carbocycles. The lowest BCUT2D eigenvalue weighted by Crippen LogP contribution is -2.45. The molecule has 3 heteroatoms. The van der Waals surface area contributed by atoms with Crippen LogP contribution in [0, 0.1) is 0 Å². The molecule has 1 amide bonds. The summed E-state index contributed by atoms with van der Waals surface area (Å²) in [6, 6.07) is 10.8. The highest BCUT2D eigenvalue weighted by molar-refractivity contribution is 5.91. The number of hydrogen-bond donors (Lipinski definition) is 1. The number of nitrogens with zero attached hydrogens (tertiary/aromatic N) is 1. The van der Waals surface area contributed by atoms with Gasteiger partial charge in [0.2, 0.25) is 5.91 Å². The van der Waals surface area contributed by atoms with Crippen molar-refractivity contribution in [3.63, 3.8) is 0 Å². The van der Waals surface area contributed by atoms with Crippen LogP contribution in [0.15, 0.2) is 30.3 Å². The van der Waals surface area contributed by atoms with E-state index in [1.54, 1.807) is 0 Å². The Kier molecular flexibility index (Phi) is 4.29. The fourth-order valence-corrected chi connectivity index (χ4v) is 3.54. The summed E-state index contributed by atoms with van der Waals surface area (Å²) in [7, 11) is 0. The number of rotatable bonds is 6. The third-order valence-corrected chi connectivity index (χ3v) is 4.87. The number of nitrogens with one attached hydrogen (secondary N) is 1. The molecule has 0 radical (unpaired) electrons. The number of carbonyl (C=O) groups excluding carboxylic acids is 1. The lowest BCUT2D eigenvalue weighted by molar-refractivity contribution is -0.134. The predicted molar refractivity (Wildman–Crippen MR) is 85.2 cm³/mol. The zero-order valence-electron chi connectivity index (χ0n) is 13.0. The molecule has 1 aliphatic heterocycles. The van der Waals surface area contributed by atoms with E-state index in [-0.39, 0.29) is 5.41 Å². The molecule has 1 aromatic rings. The van der Waals surface area contributed by atoms with Gasteiger partial charge in [-0.05, 0) is 44.2 Å². The predicted octanol–water partition coefficient (Wildman–Crippen LogP) is 2.71. The highest BCUT2D eigenvalue weighted by atomic mass is 16.2. The molecule has 1 saturated carbocycles. The average Bonchev–Trinajstić information content (AvgIpc) is 3.18. The molecule has 3 nitrogen and oxygen atoms in total. The van der Waals surface area contributed by atoms with Crippen LogP contribution in [0.5, 0.6) is 0 Å². The van der Waals surface area contributed by atoms with Crippen LogP contribution < -0.4 is 5.32 Å². The molecule has 3 rings (SSSR count). The molecule has 1 saturated heterocycles. The van der Waals surface area contributed by atoms with Crippen molar-refractivity contribution in [2.45, 2.75) is 50.5 Å². The second-order valence-corrected chi connectivity index (χ2v) is 6.49. The molecule has 21 heavy (non-hydrogen) atoms. The summed E-state index contributed by atoms with van der Waals surface area (Å²) >= 11 is 0. The maximum absolute atomic E-state index is 13.1. The molecule has 1 atom stereocenters. The quantitative estimate of drug-likeness (QED) is 0.872. The maximum atomic E-state index is 13.1. The SMILES string of the molecule is CCCN(CC1CCCN1)C(=O)C1(c2ccccc2)CC1. The van der Waals surface area contributed by atoms with Crippen LogP contribution in [0.1, 0.15) is 44.6 Å². The first-order chi connectivity index (χ1) is 10.3. The third-order valence-electron chi connectivity index (χ3n) is 4.87. The van der Waals surface area contributed by atoms with Gasteiger partial charge < -0.3 is 10.2 Å². The summed E-state index contributed by atoms with van der Waals surface area (Å²) in [4.78, 5) is 15.2. The van der Waals surface area contributed by atoms with Gasteiger partial charge in [-0.25, -0.2) is 0 Å². The molecule has 2 aliphatic rings. The van der Waals surface area contributed by atoms with Gasteiger partial charge in [0, 0.05) is 19.1 Å². The molecule has 0 bridgehead atoms. The molecule has 114 valence electrons. The van der Waals surface area contributed by atoms with Crippen molar-refractivity contribution in [2.75, 3.05) is 19.6 Å². The summed E-state index contributed by atoms with van der Waals surface area (Å²) < 4.78 is 0. The number of benzene rings is 1. The number of carbonyl (C=O) groups is 1. The molecular formula is C18H26N2O. The molecular weight excluding hydrogens is 260 g/mol. The second-order valence-electron chi connectivity index (χ2n) is 6.49. The van der Waals surface area contributed by atoms with Crippen LogP contribution in [-0.2, 0) is 10.2 Å². The van der Waals surface area contributed by atoms with Gasteiger partial charge >= 0.3 is 0 Å². The monoisotopic (exact) mass is 286 g/mol. The Morgan fingerprint density at radius 3 is 2.67 bits per heavy atom. The minimum atomic E-state index is -0.213. The van der Waals surface area contributed by atoms with Crippen molar-refractivity contribution in [1.29, 1.82) is 0 Å². The summed E-state index contributed by atoms with van der Waals surface area (Å²) in [5, 5.41) is 3.52. The molecule has 1 unspecified atom stereocenters. The minimum absolute atomic E-state index is 0.213. The minimum Gasteiger partial charge on any atom is -0.340 e. The Labute approximate surface area is 127 Å². The van der Waals surface area contributed by atoms with Gasteiger partial charge in [-0.2, -0.15) is 0 Å². The van der Waals surface area contributed by atoms with Crippen molar-refractivity contribution in [2.24, 2.45) is 0 Å². The lowest BCUT2D eigenvalue weighted by atomic mass is 9.94. The molecule has 0 spiro atoms. The standard InChI is InChI=1S/C18H26N2O/c1-2-13-20(14-16-9-6-12-19-16)17(21)18(10-11-18)15-7-4-3-5-8-15/h3-5,7-8,16,19H,2,6,9-14H2,1H3. The second kappa shape index (κ2) is 6.18. The van der Waals surface area contributed by atoms with Gasteiger partial charge in [0.1, 0.15) is 0 Å². The Morgan fingerprint density at radius 2 is 2.10 bits per heavy atom. The third kappa shape index (κ3) is 2.98. The fraction of sp³-hybridized carbons (Fsp3) is 0.611. The Hall–Kier alpha value is -1.35. The zero-order valence-corrected chi connectivity index (χ0v) is 13.0. The van der Waals surface area contributed by atoms with Crippen molar-refractivity contribution in [1.82, 2.24) is 10.2 Å². The maximum Gasteiger partial charge on any atom is 0.233 e.